The molecule has 1 aliphatic carbocycles. The number of benzene rings is 1. The molecule has 0 fully saturated rings. The highest BCUT2D eigenvalue weighted by Crippen LogP contribution is 2.26. The maximum atomic E-state index is 3.90. The molecule has 1 aliphatic rings. The third-order valence-electron chi connectivity index (χ3n) is 2.02. The van der Waals surface area contributed by atoms with Crippen LogP contribution in [0.4, 0.5) is 0 Å². The minimum Gasteiger partial charge on any atom is -0.0955 e. The van der Waals surface area contributed by atoms with E-state index in [1.165, 1.54) is 16.7 Å². The Morgan fingerprint density at radius 2 is 1.91 bits per heavy atom. The SMILES string of the molecule is C=C(C)c1ccc2c(c1)C=C2. The Morgan fingerprint density at radius 1 is 1.18 bits per heavy atom. The van der Waals surface area contributed by atoms with Crippen LogP contribution in [0.1, 0.15) is 23.6 Å². The Kier molecular flexibility index (Phi) is 1.22. The largest absolute Gasteiger partial charge is 0.0955 e. The zero-order valence-electron chi connectivity index (χ0n) is 6.59. The molecule has 0 spiro atoms. The molecule has 0 bridgehead atoms. The van der Waals surface area contributed by atoms with Crippen LogP contribution in [0.15, 0.2) is 24.8 Å². The Morgan fingerprint density at radius 3 is 2.36 bits per heavy atom. The van der Waals surface area contributed by atoms with Gasteiger partial charge in [-0.3, -0.25) is 0 Å². The fraction of sp³-hybridized carbons (Fsp3) is 0.0909. The molecular formula is C11H10. The summed E-state index contributed by atoms with van der Waals surface area (Å²) in [7, 11) is 0. The van der Waals surface area contributed by atoms with Crippen LogP contribution in [0.2, 0.25) is 0 Å². The van der Waals surface area contributed by atoms with Crippen molar-refractivity contribution in [2.75, 3.05) is 0 Å². The van der Waals surface area contributed by atoms with Gasteiger partial charge in [-0.25, -0.2) is 0 Å². The molecule has 0 aliphatic heterocycles. The van der Waals surface area contributed by atoms with E-state index in [0.29, 0.717) is 0 Å². The smallest absolute Gasteiger partial charge is 0.0178 e. The number of hydrogen-bond acceptors (Lipinski definition) is 0. The highest BCUT2D eigenvalue weighted by atomic mass is 14.1. The summed E-state index contributed by atoms with van der Waals surface area (Å²) >= 11 is 0. The van der Waals surface area contributed by atoms with E-state index in [1.807, 2.05) is 6.92 Å². The molecule has 0 saturated heterocycles. The summed E-state index contributed by atoms with van der Waals surface area (Å²) in [4.78, 5) is 0. The highest BCUT2D eigenvalue weighted by molar-refractivity contribution is 5.87. The molecule has 0 nitrogen and oxygen atoms in total. The molecule has 0 unspecified atom stereocenters. The Labute approximate surface area is 66.9 Å². The molecule has 0 aromatic heterocycles. The van der Waals surface area contributed by atoms with Crippen molar-refractivity contribution in [1.29, 1.82) is 0 Å². The minimum absolute atomic E-state index is 1.13. The van der Waals surface area contributed by atoms with E-state index in [9.17, 15) is 0 Å². The fourth-order valence-electron chi connectivity index (χ4n) is 1.22. The molecule has 2 rings (SSSR count). The van der Waals surface area contributed by atoms with Crippen molar-refractivity contribution in [3.63, 3.8) is 0 Å². The number of fused-ring (bicyclic) bond motifs is 1. The quantitative estimate of drug-likeness (QED) is 0.573. The fourth-order valence-corrected chi connectivity index (χ4v) is 1.22. The van der Waals surface area contributed by atoms with Gasteiger partial charge in [-0.1, -0.05) is 36.4 Å². The van der Waals surface area contributed by atoms with Crippen LogP contribution < -0.4 is 0 Å². The first-order valence-electron chi connectivity index (χ1n) is 3.75. The van der Waals surface area contributed by atoms with Gasteiger partial charge in [0.2, 0.25) is 0 Å². The first-order chi connectivity index (χ1) is 5.27. The summed E-state index contributed by atoms with van der Waals surface area (Å²) in [6.07, 6.45) is 4.25. The van der Waals surface area contributed by atoms with Crippen molar-refractivity contribution in [2.24, 2.45) is 0 Å². The van der Waals surface area contributed by atoms with Gasteiger partial charge in [0, 0.05) is 0 Å². The van der Waals surface area contributed by atoms with Crippen molar-refractivity contribution in [2.45, 2.75) is 6.92 Å². The standard InChI is InChI=1S/C11H10/c1-8(2)10-5-3-9-4-6-11(9)7-10/h3-7H,1H2,2H3. The van der Waals surface area contributed by atoms with Gasteiger partial charge < -0.3 is 0 Å². The third-order valence-corrected chi connectivity index (χ3v) is 2.02. The number of allylic oxidation sites excluding steroid dienone is 1. The van der Waals surface area contributed by atoms with Gasteiger partial charge in [0.05, 0.1) is 0 Å². The molecule has 1 aromatic rings. The van der Waals surface area contributed by atoms with Crippen LogP contribution in [0.3, 0.4) is 0 Å². The van der Waals surface area contributed by atoms with Crippen LogP contribution in [0.5, 0.6) is 0 Å². The summed E-state index contributed by atoms with van der Waals surface area (Å²) in [5, 5.41) is 0. The van der Waals surface area contributed by atoms with Crippen molar-refractivity contribution < 1.29 is 0 Å². The zero-order chi connectivity index (χ0) is 7.84. The van der Waals surface area contributed by atoms with Gasteiger partial charge in [-0.05, 0) is 29.7 Å². The normalized spacial score (nSPS) is 12.1. The molecule has 0 saturated carbocycles. The van der Waals surface area contributed by atoms with E-state index < -0.39 is 0 Å². The summed E-state index contributed by atoms with van der Waals surface area (Å²) in [5.74, 6) is 0. The summed E-state index contributed by atoms with van der Waals surface area (Å²) in [5.41, 5.74) is 5.06. The monoisotopic (exact) mass is 142 g/mol. The Hall–Kier alpha value is -1.30. The second kappa shape index (κ2) is 2.09. The lowest BCUT2D eigenvalue weighted by atomic mass is 9.94. The maximum Gasteiger partial charge on any atom is -0.0178 e. The van der Waals surface area contributed by atoms with E-state index in [2.05, 4.69) is 36.9 Å². The summed E-state index contributed by atoms with van der Waals surface area (Å²) < 4.78 is 0. The second-order valence-corrected chi connectivity index (χ2v) is 2.96. The van der Waals surface area contributed by atoms with Crippen molar-refractivity contribution in [3.05, 3.63) is 41.5 Å². The van der Waals surface area contributed by atoms with Crippen LogP contribution in [-0.4, -0.2) is 0 Å². The molecule has 0 atom stereocenters. The average Bonchev–Trinajstić information content (AvgIpc) is 1.91. The van der Waals surface area contributed by atoms with E-state index >= 15 is 0 Å². The van der Waals surface area contributed by atoms with Crippen molar-refractivity contribution >= 4 is 17.7 Å². The lowest BCUT2D eigenvalue weighted by Gasteiger charge is -2.11. The molecule has 0 amide bonds. The van der Waals surface area contributed by atoms with E-state index in [1.54, 1.807) is 0 Å². The summed E-state index contributed by atoms with van der Waals surface area (Å²) in [6.45, 7) is 5.93. The van der Waals surface area contributed by atoms with Crippen LogP contribution >= 0.6 is 0 Å². The van der Waals surface area contributed by atoms with Gasteiger partial charge in [-0.2, -0.15) is 0 Å². The van der Waals surface area contributed by atoms with E-state index in [-0.39, 0.29) is 0 Å². The number of hydrogen-bond donors (Lipinski definition) is 0. The highest BCUT2D eigenvalue weighted by Gasteiger charge is 2.04. The molecule has 1 aromatic carbocycles. The maximum absolute atomic E-state index is 3.90. The summed E-state index contributed by atoms with van der Waals surface area (Å²) in [6, 6.07) is 6.43. The number of rotatable bonds is 1. The molecule has 0 N–H and O–H groups in total. The second-order valence-electron chi connectivity index (χ2n) is 2.96. The topological polar surface area (TPSA) is 0 Å². The van der Waals surface area contributed by atoms with E-state index in [0.717, 1.165) is 5.57 Å². The minimum atomic E-state index is 1.13. The third kappa shape index (κ3) is 0.911. The zero-order valence-corrected chi connectivity index (χ0v) is 6.59. The van der Waals surface area contributed by atoms with Gasteiger partial charge in [0.1, 0.15) is 0 Å². The lowest BCUT2D eigenvalue weighted by molar-refractivity contribution is 1.51. The molecule has 11 heavy (non-hydrogen) atoms. The molecule has 0 heterocycles. The predicted molar refractivity (Wildman–Crippen MR) is 50.1 cm³/mol. The predicted octanol–water partition coefficient (Wildman–Crippen LogP) is 3.20. The Bertz CT molecular complexity index is 343. The first kappa shape index (κ1) is 6.41. The van der Waals surface area contributed by atoms with Gasteiger partial charge in [-0.15, -0.1) is 0 Å². The van der Waals surface area contributed by atoms with Gasteiger partial charge in [0.15, 0.2) is 0 Å². The van der Waals surface area contributed by atoms with Crippen LogP contribution in [0.25, 0.3) is 17.7 Å². The van der Waals surface area contributed by atoms with Crippen molar-refractivity contribution in [3.8, 4) is 0 Å². The molecule has 0 heteroatoms. The average molecular weight is 142 g/mol. The van der Waals surface area contributed by atoms with Gasteiger partial charge in [0.25, 0.3) is 0 Å². The van der Waals surface area contributed by atoms with Crippen molar-refractivity contribution in [1.82, 2.24) is 0 Å². The van der Waals surface area contributed by atoms with Gasteiger partial charge >= 0.3 is 0 Å². The van der Waals surface area contributed by atoms with E-state index in [4.69, 9.17) is 0 Å². The first-order valence-corrected chi connectivity index (χ1v) is 3.75. The van der Waals surface area contributed by atoms with Crippen LogP contribution in [-0.2, 0) is 0 Å². The molecular weight excluding hydrogens is 132 g/mol. The van der Waals surface area contributed by atoms with Crippen LogP contribution in [0, 0.1) is 0 Å². The Balaban J connectivity index is 2.50. The molecule has 0 radical (unpaired) electrons. The molecule has 54 valence electrons. The lowest BCUT2D eigenvalue weighted by Crippen LogP contribution is -1.90.